The molecule has 0 bridgehead atoms. The molecule has 12 heavy (non-hydrogen) atoms. The van der Waals surface area contributed by atoms with Crippen LogP contribution in [0.3, 0.4) is 0 Å². The second kappa shape index (κ2) is 5.22. The number of halogens is 2. The summed E-state index contributed by atoms with van der Waals surface area (Å²) in [4.78, 5) is 4.11. The van der Waals surface area contributed by atoms with Crippen LogP contribution >= 0.6 is 24.0 Å². The fraction of sp³-hybridized carbons (Fsp3) is 0.375. The molecule has 0 spiro atoms. The van der Waals surface area contributed by atoms with Crippen molar-refractivity contribution in [2.24, 2.45) is 0 Å². The molecular formula is C8H11Cl2NO. The van der Waals surface area contributed by atoms with Crippen LogP contribution in [0.25, 0.3) is 0 Å². The van der Waals surface area contributed by atoms with E-state index in [0.717, 1.165) is 17.0 Å². The number of ether oxygens (including phenoxy) is 1. The van der Waals surface area contributed by atoms with E-state index in [1.54, 1.807) is 13.3 Å². The molecule has 1 heterocycles. The molecule has 4 heteroatoms. The van der Waals surface area contributed by atoms with Gasteiger partial charge in [0.2, 0.25) is 0 Å². The second-order valence-electron chi connectivity index (χ2n) is 2.27. The molecule has 0 atom stereocenters. The lowest BCUT2D eigenvalue weighted by molar-refractivity contribution is 0.412. The van der Waals surface area contributed by atoms with E-state index in [-0.39, 0.29) is 12.4 Å². The van der Waals surface area contributed by atoms with Crippen molar-refractivity contribution in [3.63, 3.8) is 0 Å². The molecular weight excluding hydrogens is 197 g/mol. The zero-order valence-electron chi connectivity index (χ0n) is 7.00. The lowest BCUT2D eigenvalue weighted by Gasteiger charge is -2.03. The van der Waals surface area contributed by atoms with E-state index in [9.17, 15) is 0 Å². The maximum atomic E-state index is 5.62. The van der Waals surface area contributed by atoms with Gasteiger partial charge in [0.05, 0.1) is 24.9 Å². The quantitative estimate of drug-likeness (QED) is 0.696. The van der Waals surface area contributed by atoms with Crippen LogP contribution in [0.5, 0.6) is 5.75 Å². The van der Waals surface area contributed by atoms with Crippen LogP contribution in [0.15, 0.2) is 12.3 Å². The molecule has 0 saturated heterocycles. The average Bonchev–Trinajstić information content (AvgIpc) is 2.04. The van der Waals surface area contributed by atoms with Crippen molar-refractivity contribution in [1.82, 2.24) is 4.98 Å². The molecule has 1 rings (SSSR count). The van der Waals surface area contributed by atoms with E-state index in [2.05, 4.69) is 4.98 Å². The third-order valence-corrected chi connectivity index (χ3v) is 1.78. The Morgan fingerprint density at radius 3 is 2.67 bits per heavy atom. The Kier molecular flexibility index (Phi) is 5.02. The van der Waals surface area contributed by atoms with Gasteiger partial charge in [0, 0.05) is 0 Å². The number of nitrogens with zero attached hydrogens (tertiary/aromatic N) is 1. The van der Waals surface area contributed by atoms with Crippen molar-refractivity contribution in [1.29, 1.82) is 0 Å². The summed E-state index contributed by atoms with van der Waals surface area (Å²) in [6.07, 6.45) is 1.67. The highest BCUT2D eigenvalue weighted by Gasteiger charge is 1.99. The Bertz CT molecular complexity index is 253. The summed E-state index contributed by atoms with van der Waals surface area (Å²) in [7, 11) is 1.62. The van der Waals surface area contributed by atoms with Gasteiger partial charge in [-0.1, -0.05) is 0 Å². The molecule has 0 aliphatic carbocycles. The van der Waals surface area contributed by atoms with Crippen LogP contribution in [-0.2, 0) is 5.88 Å². The Balaban J connectivity index is 0.00000121. The second-order valence-corrected chi connectivity index (χ2v) is 2.54. The predicted octanol–water partition coefficient (Wildman–Crippen LogP) is 2.56. The minimum atomic E-state index is 0. The van der Waals surface area contributed by atoms with Crippen molar-refractivity contribution in [2.45, 2.75) is 12.8 Å². The van der Waals surface area contributed by atoms with Gasteiger partial charge in [0.1, 0.15) is 5.75 Å². The fourth-order valence-electron chi connectivity index (χ4n) is 0.829. The fourth-order valence-corrected chi connectivity index (χ4v) is 1.11. The number of alkyl halides is 1. The minimum absolute atomic E-state index is 0. The molecule has 2 nitrogen and oxygen atoms in total. The van der Waals surface area contributed by atoms with Gasteiger partial charge in [-0.2, -0.15) is 0 Å². The van der Waals surface area contributed by atoms with Crippen LogP contribution in [0.1, 0.15) is 11.3 Å². The van der Waals surface area contributed by atoms with Crippen molar-refractivity contribution in [2.75, 3.05) is 7.11 Å². The largest absolute Gasteiger partial charge is 0.495 e. The molecule has 0 aliphatic rings. The van der Waals surface area contributed by atoms with Gasteiger partial charge in [0.15, 0.2) is 0 Å². The van der Waals surface area contributed by atoms with E-state index in [1.807, 2.05) is 13.0 Å². The first-order valence-corrected chi connectivity index (χ1v) is 3.87. The summed E-state index contributed by atoms with van der Waals surface area (Å²) < 4.78 is 4.99. The smallest absolute Gasteiger partial charge is 0.137 e. The number of pyridine rings is 1. The zero-order chi connectivity index (χ0) is 8.27. The number of hydrogen-bond acceptors (Lipinski definition) is 2. The highest BCUT2D eigenvalue weighted by atomic mass is 35.5. The monoisotopic (exact) mass is 207 g/mol. The van der Waals surface area contributed by atoms with Gasteiger partial charge < -0.3 is 4.74 Å². The molecule has 0 aromatic carbocycles. The number of hydrogen-bond donors (Lipinski definition) is 0. The summed E-state index contributed by atoms with van der Waals surface area (Å²) in [5.74, 6) is 1.23. The highest BCUT2D eigenvalue weighted by molar-refractivity contribution is 6.17. The molecule has 68 valence electrons. The van der Waals surface area contributed by atoms with Crippen molar-refractivity contribution < 1.29 is 4.74 Å². The normalized spacial score (nSPS) is 8.92. The Morgan fingerprint density at radius 2 is 2.25 bits per heavy atom. The van der Waals surface area contributed by atoms with Crippen molar-refractivity contribution in [3.8, 4) is 5.75 Å². The van der Waals surface area contributed by atoms with Gasteiger partial charge in [0.25, 0.3) is 0 Å². The lowest BCUT2D eigenvalue weighted by atomic mass is 10.2. The highest BCUT2D eigenvalue weighted by Crippen LogP contribution is 2.14. The summed E-state index contributed by atoms with van der Waals surface area (Å²) in [6.45, 7) is 1.97. The van der Waals surface area contributed by atoms with Crippen LogP contribution in [0.4, 0.5) is 0 Å². The van der Waals surface area contributed by atoms with Gasteiger partial charge >= 0.3 is 0 Å². The van der Waals surface area contributed by atoms with Crippen LogP contribution in [0.2, 0.25) is 0 Å². The summed E-state index contributed by atoms with van der Waals surface area (Å²) in [5, 5.41) is 0. The lowest BCUT2D eigenvalue weighted by Crippen LogP contribution is -1.92. The number of aryl methyl sites for hydroxylation is 1. The summed E-state index contributed by atoms with van der Waals surface area (Å²) >= 11 is 5.62. The first-order chi connectivity index (χ1) is 5.27. The predicted molar refractivity (Wildman–Crippen MR) is 52.3 cm³/mol. The minimum Gasteiger partial charge on any atom is -0.495 e. The Morgan fingerprint density at radius 1 is 1.58 bits per heavy atom. The zero-order valence-corrected chi connectivity index (χ0v) is 8.58. The maximum absolute atomic E-state index is 5.62. The topological polar surface area (TPSA) is 22.1 Å². The first-order valence-electron chi connectivity index (χ1n) is 3.33. The van der Waals surface area contributed by atoms with E-state index in [1.165, 1.54) is 0 Å². The van der Waals surface area contributed by atoms with Crippen LogP contribution in [-0.4, -0.2) is 12.1 Å². The molecule has 0 aliphatic heterocycles. The Hall–Kier alpha value is -0.470. The molecule has 0 unspecified atom stereocenters. The number of methoxy groups -OCH3 is 1. The van der Waals surface area contributed by atoms with E-state index < -0.39 is 0 Å². The van der Waals surface area contributed by atoms with E-state index in [4.69, 9.17) is 16.3 Å². The Labute approximate surface area is 83.3 Å². The molecule has 0 radical (unpaired) electrons. The molecule has 1 aromatic rings. The maximum Gasteiger partial charge on any atom is 0.137 e. The van der Waals surface area contributed by atoms with E-state index in [0.29, 0.717) is 5.88 Å². The molecule has 0 N–H and O–H groups in total. The summed E-state index contributed by atoms with van der Waals surface area (Å²) in [6, 6.07) is 1.92. The molecule has 0 fully saturated rings. The number of aromatic nitrogens is 1. The number of rotatable bonds is 2. The SMILES string of the molecule is COc1cnc(CCl)c(C)c1.Cl. The van der Waals surface area contributed by atoms with E-state index >= 15 is 0 Å². The van der Waals surface area contributed by atoms with Crippen LogP contribution < -0.4 is 4.74 Å². The molecule has 1 aromatic heterocycles. The first kappa shape index (κ1) is 11.5. The van der Waals surface area contributed by atoms with Crippen LogP contribution in [0, 0.1) is 6.92 Å². The van der Waals surface area contributed by atoms with Crippen molar-refractivity contribution >= 4 is 24.0 Å². The van der Waals surface area contributed by atoms with Gasteiger partial charge in [-0.25, -0.2) is 0 Å². The van der Waals surface area contributed by atoms with Gasteiger partial charge in [-0.3, -0.25) is 4.98 Å². The van der Waals surface area contributed by atoms with Gasteiger partial charge in [-0.15, -0.1) is 24.0 Å². The van der Waals surface area contributed by atoms with Crippen molar-refractivity contribution in [3.05, 3.63) is 23.5 Å². The third kappa shape index (κ3) is 2.54. The average molecular weight is 208 g/mol. The summed E-state index contributed by atoms with van der Waals surface area (Å²) in [5.41, 5.74) is 1.98. The standard InChI is InChI=1S/C8H10ClNO.ClH/c1-6-3-7(11-2)5-10-8(6)4-9;/h3,5H,4H2,1-2H3;1H. The molecule has 0 saturated carbocycles. The van der Waals surface area contributed by atoms with Gasteiger partial charge in [-0.05, 0) is 18.6 Å². The molecule has 0 amide bonds. The third-order valence-electron chi connectivity index (χ3n) is 1.52.